The van der Waals surface area contributed by atoms with E-state index in [9.17, 15) is 5.26 Å². The number of hydrogen-bond acceptors (Lipinski definition) is 9. The number of pyridine rings is 2. The van der Waals surface area contributed by atoms with Crippen molar-refractivity contribution in [1.82, 2.24) is 49.0 Å². The summed E-state index contributed by atoms with van der Waals surface area (Å²) in [4.78, 5) is 38.0. The molecular formula is C25H14N12Pd. The van der Waals surface area contributed by atoms with Crippen molar-refractivity contribution in [2.24, 2.45) is 0 Å². The van der Waals surface area contributed by atoms with Gasteiger partial charge in [-0.2, -0.15) is 5.26 Å². The maximum absolute atomic E-state index is 9.31. The van der Waals surface area contributed by atoms with E-state index in [4.69, 9.17) is 16.5 Å². The molecule has 6 rings (SSSR count). The first kappa shape index (κ1) is 24.7. The molecule has 6 aromatic rings. The summed E-state index contributed by atoms with van der Waals surface area (Å²) < 4.78 is 3.21. The number of fused-ring (bicyclic) bond motifs is 2. The van der Waals surface area contributed by atoms with Gasteiger partial charge < -0.3 is 23.9 Å². The molecule has 0 spiro atoms. The van der Waals surface area contributed by atoms with Crippen molar-refractivity contribution in [3.63, 3.8) is 0 Å². The molecule has 0 saturated heterocycles. The molecule has 184 valence electrons. The largest absolute Gasteiger partial charge is 2.00 e. The second-order valence-corrected chi connectivity index (χ2v) is 8.47. The van der Waals surface area contributed by atoms with Crippen molar-refractivity contribution in [1.29, 1.82) is 5.26 Å². The molecule has 6 aromatic heterocycles. The van der Waals surface area contributed by atoms with Crippen molar-refractivity contribution in [2.75, 3.05) is 0 Å². The minimum Gasteiger partial charge on any atom is -0.397 e. The fourth-order valence-electron chi connectivity index (χ4n) is 3.96. The van der Waals surface area contributed by atoms with Crippen LogP contribution < -0.4 is 0 Å². The Morgan fingerprint density at radius 3 is 1.97 bits per heavy atom. The molecular weight excluding hydrogens is 575 g/mol. The van der Waals surface area contributed by atoms with Gasteiger partial charge in [0.2, 0.25) is 5.82 Å². The van der Waals surface area contributed by atoms with Crippen molar-refractivity contribution >= 4 is 28.1 Å². The fraction of sp³-hybridized carbons (Fsp3) is 0.120. The zero-order valence-corrected chi connectivity index (χ0v) is 21.4. The third-order valence-corrected chi connectivity index (χ3v) is 5.95. The average molecular weight is 589 g/mol. The normalized spacial score (nSPS) is 11.2. The van der Waals surface area contributed by atoms with E-state index in [1.165, 1.54) is 12.7 Å². The van der Waals surface area contributed by atoms with Gasteiger partial charge in [0.05, 0.1) is 11.6 Å². The summed E-state index contributed by atoms with van der Waals surface area (Å²) in [6.07, 6.45) is 8.38. The Hall–Kier alpha value is -4.96. The Morgan fingerprint density at radius 1 is 0.842 bits per heavy atom. The summed E-state index contributed by atoms with van der Waals surface area (Å²) in [5.74, 6) is 1.26. The van der Waals surface area contributed by atoms with Gasteiger partial charge in [0.1, 0.15) is 18.1 Å². The maximum Gasteiger partial charge on any atom is 2.00 e. The molecule has 0 amide bonds. The van der Waals surface area contributed by atoms with Gasteiger partial charge in [-0.05, 0) is 26.0 Å². The van der Waals surface area contributed by atoms with Crippen LogP contribution in [0.3, 0.4) is 0 Å². The molecule has 0 radical (unpaired) electrons. The first-order chi connectivity index (χ1) is 18.0. The first-order valence-corrected chi connectivity index (χ1v) is 11.0. The van der Waals surface area contributed by atoms with E-state index in [0.717, 1.165) is 11.4 Å². The van der Waals surface area contributed by atoms with Crippen LogP contribution in [-0.2, 0) is 25.8 Å². The molecule has 0 aromatic carbocycles. The number of nitrogens with zero attached hydrogens (tertiary/aromatic N) is 12. The van der Waals surface area contributed by atoms with Crippen LogP contribution >= 0.6 is 0 Å². The van der Waals surface area contributed by atoms with Gasteiger partial charge in [0.25, 0.3) is 0 Å². The standard InChI is InChI=1S/C25H14N12.Pd/c1-25(2,16-6-4-8-18(34-16)36-13-32-20-15(10-26)28-11-30-23(20)36)17-7-5-9-19(35-17)37-14-33-21-22(27-3)29-12-31-24(21)37;/h4-9,11-12H,1-2H3;/q-2;+2. The van der Waals surface area contributed by atoms with Crippen molar-refractivity contribution in [3.8, 4) is 17.7 Å². The molecule has 0 aliphatic rings. The second-order valence-electron chi connectivity index (χ2n) is 8.47. The van der Waals surface area contributed by atoms with Gasteiger partial charge in [-0.3, -0.25) is 19.9 Å². The van der Waals surface area contributed by atoms with Gasteiger partial charge in [-0.25, -0.2) is 4.98 Å². The summed E-state index contributed by atoms with van der Waals surface area (Å²) in [5.41, 5.74) is 2.68. The molecule has 0 fully saturated rings. The molecule has 0 bridgehead atoms. The van der Waals surface area contributed by atoms with Crippen LogP contribution in [0.2, 0.25) is 0 Å². The minimum atomic E-state index is -0.609. The van der Waals surface area contributed by atoms with Crippen LogP contribution in [0.1, 0.15) is 30.9 Å². The van der Waals surface area contributed by atoms with Gasteiger partial charge in [0, 0.05) is 51.8 Å². The van der Waals surface area contributed by atoms with E-state index in [-0.39, 0.29) is 31.9 Å². The SMILES string of the molecule is [C-]#[N+]c1ncnc2c1n[c-]n2-c1cccc(C(C)(C)c2cccc(-n3[c-]nc4c(C#N)ncnc43)n2)n1.[Pd+2]. The van der Waals surface area contributed by atoms with Crippen molar-refractivity contribution in [3.05, 3.63) is 90.2 Å². The van der Waals surface area contributed by atoms with Gasteiger partial charge >= 0.3 is 20.4 Å². The predicted molar refractivity (Wildman–Crippen MR) is 130 cm³/mol. The molecule has 0 saturated carbocycles. The van der Waals surface area contributed by atoms with Crippen molar-refractivity contribution in [2.45, 2.75) is 19.3 Å². The van der Waals surface area contributed by atoms with E-state index >= 15 is 0 Å². The van der Waals surface area contributed by atoms with Crippen LogP contribution in [0.4, 0.5) is 5.82 Å². The van der Waals surface area contributed by atoms with Crippen LogP contribution in [0, 0.1) is 30.6 Å². The summed E-state index contributed by atoms with van der Waals surface area (Å²) in [7, 11) is 0. The summed E-state index contributed by atoms with van der Waals surface area (Å²) >= 11 is 0. The van der Waals surface area contributed by atoms with E-state index in [1.807, 2.05) is 56.3 Å². The monoisotopic (exact) mass is 588 g/mol. The molecule has 0 unspecified atom stereocenters. The minimum absolute atomic E-state index is 0. The molecule has 0 N–H and O–H groups in total. The van der Waals surface area contributed by atoms with Crippen molar-refractivity contribution < 1.29 is 20.4 Å². The Labute approximate surface area is 229 Å². The number of imidazole rings is 2. The Kier molecular flexibility index (Phi) is 6.17. The molecule has 0 atom stereocenters. The van der Waals surface area contributed by atoms with Crippen LogP contribution in [0.5, 0.6) is 0 Å². The quantitative estimate of drug-likeness (QED) is 0.224. The Bertz CT molecular complexity index is 1770. The van der Waals surface area contributed by atoms with E-state index in [2.05, 4.69) is 47.4 Å². The third-order valence-electron chi connectivity index (χ3n) is 5.95. The predicted octanol–water partition coefficient (Wildman–Crippen LogP) is 3.08. The smallest absolute Gasteiger partial charge is 0.397 e. The Balaban J connectivity index is 0.00000294. The topological polar surface area (TPSA) is 141 Å². The van der Waals surface area contributed by atoms with Crippen LogP contribution in [-0.4, -0.2) is 49.0 Å². The van der Waals surface area contributed by atoms with Gasteiger partial charge in [-0.1, -0.05) is 30.8 Å². The number of nitriles is 1. The second kappa shape index (κ2) is 9.49. The van der Waals surface area contributed by atoms with E-state index in [1.54, 1.807) is 9.13 Å². The molecule has 12 nitrogen and oxygen atoms in total. The number of hydrogen-bond donors (Lipinski definition) is 0. The van der Waals surface area contributed by atoms with E-state index < -0.39 is 5.41 Å². The summed E-state index contributed by atoms with van der Waals surface area (Å²) in [5, 5.41) is 9.31. The zero-order valence-electron chi connectivity index (χ0n) is 19.8. The zero-order chi connectivity index (χ0) is 25.6. The molecule has 0 aliphatic heterocycles. The molecule has 6 heterocycles. The molecule has 13 heteroatoms. The summed E-state index contributed by atoms with van der Waals surface area (Å²) in [6.45, 7) is 11.3. The van der Waals surface area contributed by atoms with Gasteiger partial charge in [0.15, 0.2) is 6.33 Å². The fourth-order valence-corrected chi connectivity index (χ4v) is 3.96. The van der Waals surface area contributed by atoms with Crippen LogP contribution in [0.25, 0.3) is 38.8 Å². The summed E-state index contributed by atoms with van der Waals surface area (Å²) in [6, 6.07) is 13.3. The first-order valence-electron chi connectivity index (χ1n) is 11.0. The average Bonchev–Trinajstić information content (AvgIpc) is 3.58. The maximum atomic E-state index is 9.31. The molecule has 38 heavy (non-hydrogen) atoms. The third kappa shape index (κ3) is 3.87. The number of aromatic nitrogens is 10. The number of rotatable bonds is 4. The molecule has 0 aliphatic carbocycles. The van der Waals surface area contributed by atoms with Crippen LogP contribution in [0.15, 0.2) is 49.1 Å². The Morgan fingerprint density at radius 2 is 1.39 bits per heavy atom. The van der Waals surface area contributed by atoms with Gasteiger partial charge in [-0.15, -0.1) is 4.98 Å². The van der Waals surface area contributed by atoms with E-state index in [0.29, 0.717) is 34.0 Å².